The SMILES string of the molecule is COC(=O)C1C=C2C(C1)CN1CCC3=NC4=C(CCC=C4)C3C21. The van der Waals surface area contributed by atoms with Crippen molar-refractivity contribution in [1.82, 2.24) is 4.90 Å². The standard InChI is InChI=1S/C19H22N2O2/c1-23-19(22)11-8-12-10-21-7-6-16-17(18(21)14(12)9-11)13-4-2-3-5-15(13)20-16/h3,5,9,11-12,17-18H,2,4,6-8,10H2,1H3. The van der Waals surface area contributed by atoms with Gasteiger partial charge in [0.15, 0.2) is 0 Å². The van der Waals surface area contributed by atoms with Crippen LogP contribution in [0.5, 0.6) is 0 Å². The Morgan fingerprint density at radius 1 is 1.39 bits per heavy atom. The number of carbonyl (C=O) groups excluding carboxylic acids is 1. The maximum Gasteiger partial charge on any atom is 0.312 e. The molecule has 4 atom stereocenters. The second-order valence-electron chi connectivity index (χ2n) is 7.35. The number of hydrogen-bond acceptors (Lipinski definition) is 4. The number of piperidine rings is 1. The van der Waals surface area contributed by atoms with E-state index in [1.807, 2.05) is 0 Å². The maximum absolute atomic E-state index is 11.9. The molecule has 5 aliphatic rings. The van der Waals surface area contributed by atoms with Gasteiger partial charge in [-0.05, 0) is 43.3 Å². The first kappa shape index (κ1) is 13.7. The topological polar surface area (TPSA) is 41.9 Å². The molecular weight excluding hydrogens is 288 g/mol. The van der Waals surface area contributed by atoms with Gasteiger partial charge in [-0.15, -0.1) is 0 Å². The normalized spacial score (nSPS) is 37.8. The minimum atomic E-state index is -0.0740. The average molecular weight is 310 g/mol. The molecule has 4 nitrogen and oxygen atoms in total. The molecule has 0 aromatic heterocycles. The van der Waals surface area contributed by atoms with E-state index < -0.39 is 0 Å². The molecule has 5 rings (SSSR count). The summed E-state index contributed by atoms with van der Waals surface area (Å²) in [5.41, 5.74) is 5.64. The van der Waals surface area contributed by atoms with Gasteiger partial charge in [0, 0.05) is 30.8 Å². The number of carbonyl (C=O) groups is 1. The van der Waals surface area contributed by atoms with Crippen molar-refractivity contribution >= 4 is 11.7 Å². The summed E-state index contributed by atoms with van der Waals surface area (Å²) in [6.07, 6.45) is 11.0. The van der Waals surface area contributed by atoms with Gasteiger partial charge in [-0.2, -0.15) is 0 Å². The summed E-state index contributed by atoms with van der Waals surface area (Å²) in [6, 6.07) is 0.446. The number of nitrogens with zero attached hydrogens (tertiary/aromatic N) is 2. The Hall–Kier alpha value is -1.68. The summed E-state index contributed by atoms with van der Waals surface area (Å²) < 4.78 is 4.97. The van der Waals surface area contributed by atoms with Crippen LogP contribution < -0.4 is 0 Å². The fraction of sp³-hybridized carbons (Fsp3) is 0.579. The summed E-state index contributed by atoms with van der Waals surface area (Å²) in [5.74, 6) is 0.893. The lowest BCUT2D eigenvalue weighted by atomic mass is 9.78. The van der Waals surface area contributed by atoms with Crippen LogP contribution in [0.2, 0.25) is 0 Å². The molecule has 2 aliphatic carbocycles. The first-order valence-electron chi connectivity index (χ1n) is 8.77. The Morgan fingerprint density at radius 3 is 3.17 bits per heavy atom. The van der Waals surface area contributed by atoms with Gasteiger partial charge in [-0.1, -0.05) is 17.7 Å². The Kier molecular flexibility index (Phi) is 2.93. The molecule has 3 aliphatic heterocycles. The fourth-order valence-electron chi connectivity index (χ4n) is 5.32. The average Bonchev–Trinajstić information content (AvgIpc) is 3.23. The van der Waals surface area contributed by atoms with Gasteiger partial charge in [0.25, 0.3) is 0 Å². The van der Waals surface area contributed by atoms with Crippen LogP contribution in [0.25, 0.3) is 0 Å². The first-order chi connectivity index (χ1) is 11.3. The first-order valence-corrected chi connectivity index (χ1v) is 8.77. The summed E-state index contributed by atoms with van der Waals surface area (Å²) in [6.45, 7) is 2.22. The molecule has 2 fully saturated rings. The lowest BCUT2D eigenvalue weighted by Crippen LogP contribution is -2.46. The van der Waals surface area contributed by atoms with E-state index in [2.05, 4.69) is 23.1 Å². The molecule has 0 N–H and O–H groups in total. The smallest absolute Gasteiger partial charge is 0.312 e. The summed E-state index contributed by atoms with van der Waals surface area (Å²) in [7, 11) is 1.50. The third kappa shape index (κ3) is 1.87. The monoisotopic (exact) mass is 310 g/mol. The number of aliphatic imine (C=N–C) groups is 1. The maximum atomic E-state index is 11.9. The molecule has 0 aromatic rings. The van der Waals surface area contributed by atoms with Gasteiger partial charge >= 0.3 is 5.97 Å². The Morgan fingerprint density at radius 2 is 2.30 bits per heavy atom. The van der Waals surface area contributed by atoms with Crippen molar-refractivity contribution in [2.75, 3.05) is 20.2 Å². The highest BCUT2D eigenvalue weighted by molar-refractivity contribution is 5.95. The van der Waals surface area contributed by atoms with E-state index in [9.17, 15) is 4.79 Å². The second kappa shape index (κ2) is 4.91. The van der Waals surface area contributed by atoms with Crippen molar-refractivity contribution in [1.29, 1.82) is 0 Å². The minimum Gasteiger partial charge on any atom is -0.469 e. The van der Waals surface area contributed by atoms with Crippen molar-refractivity contribution < 1.29 is 9.53 Å². The van der Waals surface area contributed by atoms with E-state index in [1.165, 1.54) is 24.1 Å². The molecule has 0 amide bonds. The fourth-order valence-corrected chi connectivity index (χ4v) is 5.32. The lowest BCUT2D eigenvalue weighted by Gasteiger charge is -2.37. The molecule has 3 heterocycles. The second-order valence-corrected chi connectivity index (χ2v) is 7.35. The number of ether oxygens (including phenoxy) is 1. The number of hydrogen-bond donors (Lipinski definition) is 0. The zero-order chi connectivity index (χ0) is 15.6. The quantitative estimate of drug-likeness (QED) is 0.552. The molecular formula is C19H22N2O2. The van der Waals surface area contributed by atoms with Crippen LogP contribution in [0.15, 0.2) is 40.1 Å². The Balaban J connectivity index is 1.53. The van der Waals surface area contributed by atoms with Crippen LogP contribution in [0, 0.1) is 17.8 Å². The van der Waals surface area contributed by atoms with Gasteiger partial charge < -0.3 is 4.74 Å². The van der Waals surface area contributed by atoms with Gasteiger partial charge in [0.05, 0.1) is 18.7 Å². The highest BCUT2D eigenvalue weighted by Crippen LogP contribution is 2.50. The highest BCUT2D eigenvalue weighted by Gasteiger charge is 2.51. The van der Waals surface area contributed by atoms with Crippen LogP contribution in [-0.4, -0.2) is 42.8 Å². The number of rotatable bonds is 1. The molecule has 0 aromatic carbocycles. The van der Waals surface area contributed by atoms with Crippen LogP contribution in [0.1, 0.15) is 25.7 Å². The summed E-state index contributed by atoms with van der Waals surface area (Å²) in [5, 5.41) is 0. The number of esters is 1. The summed E-state index contributed by atoms with van der Waals surface area (Å²) in [4.78, 5) is 19.5. The van der Waals surface area contributed by atoms with Crippen molar-refractivity contribution in [3.8, 4) is 0 Å². The number of methoxy groups -OCH3 is 1. The van der Waals surface area contributed by atoms with Crippen LogP contribution >= 0.6 is 0 Å². The van der Waals surface area contributed by atoms with E-state index in [0.717, 1.165) is 38.8 Å². The third-order valence-corrected chi connectivity index (χ3v) is 6.25. The zero-order valence-corrected chi connectivity index (χ0v) is 13.5. The summed E-state index contributed by atoms with van der Waals surface area (Å²) >= 11 is 0. The highest BCUT2D eigenvalue weighted by atomic mass is 16.5. The third-order valence-electron chi connectivity index (χ3n) is 6.25. The lowest BCUT2D eigenvalue weighted by molar-refractivity contribution is -0.143. The van der Waals surface area contributed by atoms with E-state index in [1.54, 1.807) is 5.57 Å². The van der Waals surface area contributed by atoms with Gasteiger partial charge in [-0.3, -0.25) is 14.7 Å². The Bertz CT molecular complexity index is 700. The largest absolute Gasteiger partial charge is 0.469 e. The molecule has 4 heteroatoms. The van der Waals surface area contributed by atoms with Gasteiger partial charge in [0.2, 0.25) is 0 Å². The van der Waals surface area contributed by atoms with Crippen molar-refractivity contribution in [2.45, 2.75) is 31.7 Å². The number of fused-ring (bicyclic) bond motifs is 6. The van der Waals surface area contributed by atoms with E-state index in [4.69, 9.17) is 9.73 Å². The molecule has 0 bridgehead atoms. The molecule has 23 heavy (non-hydrogen) atoms. The van der Waals surface area contributed by atoms with Gasteiger partial charge in [0.1, 0.15) is 0 Å². The van der Waals surface area contributed by atoms with Crippen molar-refractivity contribution in [3.05, 3.63) is 35.1 Å². The molecule has 2 saturated heterocycles. The van der Waals surface area contributed by atoms with Crippen molar-refractivity contribution in [3.63, 3.8) is 0 Å². The van der Waals surface area contributed by atoms with Crippen molar-refractivity contribution in [2.24, 2.45) is 22.7 Å². The predicted octanol–water partition coefficient (Wildman–Crippen LogP) is 2.48. The molecule has 120 valence electrons. The van der Waals surface area contributed by atoms with E-state index in [-0.39, 0.29) is 11.9 Å². The minimum absolute atomic E-state index is 0.0365. The molecule has 4 unspecified atom stereocenters. The molecule has 0 spiro atoms. The molecule has 0 radical (unpaired) electrons. The van der Waals surface area contributed by atoms with E-state index >= 15 is 0 Å². The van der Waals surface area contributed by atoms with Crippen LogP contribution in [0.3, 0.4) is 0 Å². The van der Waals surface area contributed by atoms with E-state index in [0.29, 0.717) is 17.9 Å². The van der Waals surface area contributed by atoms with Crippen LogP contribution in [0.4, 0.5) is 0 Å². The predicted molar refractivity (Wildman–Crippen MR) is 88.0 cm³/mol. The zero-order valence-electron chi connectivity index (χ0n) is 13.5. The number of allylic oxidation sites excluding steroid dienone is 2. The van der Waals surface area contributed by atoms with Crippen LogP contribution in [-0.2, 0) is 9.53 Å². The molecule has 0 saturated carbocycles. The van der Waals surface area contributed by atoms with Gasteiger partial charge in [-0.25, -0.2) is 0 Å². The Labute approximate surface area is 136 Å².